The summed E-state index contributed by atoms with van der Waals surface area (Å²) < 4.78 is 5.21. The van der Waals surface area contributed by atoms with Crippen LogP contribution in [0.15, 0.2) is 78.9 Å². The van der Waals surface area contributed by atoms with Crippen molar-refractivity contribution < 1.29 is 9.53 Å². The fourth-order valence-electron chi connectivity index (χ4n) is 2.37. The van der Waals surface area contributed by atoms with Gasteiger partial charge in [-0.3, -0.25) is 5.32 Å². The molecule has 0 unspecified atom stereocenters. The number of nitrogens with one attached hydrogen (secondary N) is 1. The monoisotopic (exact) mass is 317 g/mol. The summed E-state index contributed by atoms with van der Waals surface area (Å²) in [4.78, 5) is 11.8. The lowest BCUT2D eigenvalue weighted by Crippen LogP contribution is -2.13. The summed E-state index contributed by atoms with van der Waals surface area (Å²) in [5, 5.41) is 2.74. The number of hydrogen-bond acceptors (Lipinski definition) is 2. The van der Waals surface area contributed by atoms with Crippen molar-refractivity contribution in [2.45, 2.75) is 13.5 Å². The molecular weight excluding hydrogens is 298 g/mol. The molecule has 3 aromatic rings. The first kappa shape index (κ1) is 15.8. The lowest BCUT2D eigenvalue weighted by atomic mass is 10.0. The second-order valence-corrected chi connectivity index (χ2v) is 5.63. The van der Waals surface area contributed by atoms with E-state index in [1.54, 1.807) is 0 Å². The highest BCUT2D eigenvalue weighted by molar-refractivity contribution is 5.85. The minimum Gasteiger partial charge on any atom is -0.444 e. The van der Waals surface area contributed by atoms with Gasteiger partial charge < -0.3 is 4.74 Å². The van der Waals surface area contributed by atoms with Crippen molar-refractivity contribution in [2.75, 3.05) is 5.32 Å². The second-order valence-electron chi connectivity index (χ2n) is 5.63. The predicted octanol–water partition coefficient (Wildman–Crippen LogP) is 5.41. The van der Waals surface area contributed by atoms with E-state index in [2.05, 4.69) is 36.5 Å². The molecule has 3 aromatic carbocycles. The van der Waals surface area contributed by atoms with Crippen LogP contribution < -0.4 is 5.32 Å². The Morgan fingerprint density at radius 1 is 0.833 bits per heavy atom. The molecule has 0 aliphatic heterocycles. The van der Waals surface area contributed by atoms with Gasteiger partial charge in [0, 0.05) is 5.69 Å². The molecule has 24 heavy (non-hydrogen) atoms. The summed E-state index contributed by atoms with van der Waals surface area (Å²) in [6.07, 6.45) is -0.457. The van der Waals surface area contributed by atoms with Crippen LogP contribution in [0.2, 0.25) is 0 Å². The smallest absolute Gasteiger partial charge is 0.411 e. The quantitative estimate of drug-likeness (QED) is 0.698. The minimum absolute atomic E-state index is 0.258. The molecule has 1 amide bonds. The summed E-state index contributed by atoms with van der Waals surface area (Å²) in [6, 6.07) is 25.7. The van der Waals surface area contributed by atoms with Gasteiger partial charge in [0.05, 0.1) is 0 Å². The van der Waals surface area contributed by atoms with Crippen LogP contribution in [0.3, 0.4) is 0 Å². The molecule has 0 aliphatic carbocycles. The number of aryl methyl sites for hydroxylation is 1. The Kier molecular flexibility index (Phi) is 4.92. The van der Waals surface area contributed by atoms with Crippen molar-refractivity contribution in [3.05, 3.63) is 90.0 Å². The largest absolute Gasteiger partial charge is 0.444 e. The molecule has 120 valence electrons. The van der Waals surface area contributed by atoms with Crippen LogP contribution >= 0.6 is 0 Å². The van der Waals surface area contributed by atoms with E-state index >= 15 is 0 Å². The highest BCUT2D eigenvalue weighted by Gasteiger charge is 2.04. The van der Waals surface area contributed by atoms with Crippen molar-refractivity contribution >= 4 is 11.8 Å². The van der Waals surface area contributed by atoms with Gasteiger partial charge in [0.1, 0.15) is 6.61 Å². The van der Waals surface area contributed by atoms with E-state index in [1.165, 1.54) is 5.56 Å². The molecule has 0 fully saturated rings. The fourth-order valence-corrected chi connectivity index (χ4v) is 2.37. The Labute approximate surface area is 141 Å². The zero-order chi connectivity index (χ0) is 16.8. The topological polar surface area (TPSA) is 38.3 Å². The van der Waals surface area contributed by atoms with E-state index in [4.69, 9.17) is 4.74 Å². The Hall–Kier alpha value is -3.07. The third-order valence-electron chi connectivity index (χ3n) is 3.73. The molecule has 0 aromatic heterocycles. The van der Waals surface area contributed by atoms with Gasteiger partial charge in [0.25, 0.3) is 0 Å². The van der Waals surface area contributed by atoms with E-state index in [1.807, 2.05) is 54.6 Å². The van der Waals surface area contributed by atoms with Crippen LogP contribution in [-0.2, 0) is 11.3 Å². The first-order valence-corrected chi connectivity index (χ1v) is 7.85. The molecule has 1 N–H and O–H groups in total. The van der Waals surface area contributed by atoms with Crippen molar-refractivity contribution in [2.24, 2.45) is 0 Å². The van der Waals surface area contributed by atoms with E-state index in [0.717, 1.165) is 16.7 Å². The van der Waals surface area contributed by atoms with Crippen LogP contribution in [-0.4, -0.2) is 6.09 Å². The van der Waals surface area contributed by atoms with Crippen molar-refractivity contribution in [1.82, 2.24) is 0 Å². The molecule has 0 spiro atoms. The lowest BCUT2D eigenvalue weighted by Gasteiger charge is -2.08. The molecule has 0 bridgehead atoms. The van der Waals surface area contributed by atoms with Crippen LogP contribution in [0.25, 0.3) is 11.1 Å². The van der Waals surface area contributed by atoms with Gasteiger partial charge in [0.2, 0.25) is 0 Å². The first-order valence-electron chi connectivity index (χ1n) is 7.85. The maximum absolute atomic E-state index is 11.8. The average molecular weight is 317 g/mol. The summed E-state index contributed by atoms with van der Waals surface area (Å²) >= 11 is 0. The zero-order valence-corrected chi connectivity index (χ0v) is 13.5. The number of amides is 1. The van der Waals surface area contributed by atoms with Gasteiger partial charge in [-0.05, 0) is 35.7 Å². The van der Waals surface area contributed by atoms with Gasteiger partial charge in [-0.2, -0.15) is 0 Å². The Morgan fingerprint density at radius 3 is 2.04 bits per heavy atom. The molecular formula is C21H19NO2. The molecule has 3 rings (SSSR count). The van der Waals surface area contributed by atoms with Crippen molar-refractivity contribution in [1.29, 1.82) is 0 Å². The first-order chi connectivity index (χ1) is 11.7. The van der Waals surface area contributed by atoms with Gasteiger partial charge in [0.15, 0.2) is 0 Å². The van der Waals surface area contributed by atoms with Gasteiger partial charge in [-0.25, -0.2) is 4.79 Å². The van der Waals surface area contributed by atoms with Crippen molar-refractivity contribution in [3.8, 4) is 11.1 Å². The third kappa shape index (κ3) is 4.23. The summed E-state index contributed by atoms with van der Waals surface area (Å²) in [5.41, 5.74) is 5.17. The van der Waals surface area contributed by atoms with Crippen LogP contribution in [0, 0.1) is 6.92 Å². The number of ether oxygens (including phenoxy) is 1. The van der Waals surface area contributed by atoms with E-state index in [0.29, 0.717) is 5.69 Å². The summed E-state index contributed by atoms with van der Waals surface area (Å²) in [5.74, 6) is 0. The van der Waals surface area contributed by atoms with Crippen molar-refractivity contribution in [3.63, 3.8) is 0 Å². The van der Waals surface area contributed by atoms with Gasteiger partial charge in [-0.1, -0.05) is 72.3 Å². The van der Waals surface area contributed by atoms with E-state index < -0.39 is 6.09 Å². The van der Waals surface area contributed by atoms with E-state index in [-0.39, 0.29) is 6.61 Å². The molecule has 0 saturated heterocycles. The highest BCUT2D eigenvalue weighted by atomic mass is 16.5. The lowest BCUT2D eigenvalue weighted by molar-refractivity contribution is 0.155. The number of carbonyl (C=O) groups is 1. The second kappa shape index (κ2) is 7.47. The number of carbonyl (C=O) groups excluding carboxylic acids is 1. The SMILES string of the molecule is Cc1ccc(-c2ccc(NC(=O)OCc3ccccc3)cc2)cc1. The van der Waals surface area contributed by atoms with Crippen LogP contribution in [0.1, 0.15) is 11.1 Å². The molecule has 3 nitrogen and oxygen atoms in total. The fraction of sp³-hybridized carbons (Fsp3) is 0.0952. The number of hydrogen-bond donors (Lipinski definition) is 1. The number of benzene rings is 3. The Balaban J connectivity index is 1.57. The normalized spacial score (nSPS) is 10.2. The molecule has 0 heterocycles. The maximum atomic E-state index is 11.8. The number of rotatable bonds is 4. The minimum atomic E-state index is -0.457. The average Bonchev–Trinajstić information content (AvgIpc) is 2.62. The molecule has 0 radical (unpaired) electrons. The van der Waals surface area contributed by atoms with Gasteiger partial charge >= 0.3 is 6.09 Å². The van der Waals surface area contributed by atoms with Gasteiger partial charge in [-0.15, -0.1) is 0 Å². The Morgan fingerprint density at radius 2 is 1.42 bits per heavy atom. The molecule has 3 heteroatoms. The summed E-state index contributed by atoms with van der Waals surface area (Å²) in [6.45, 7) is 2.33. The molecule has 0 atom stereocenters. The van der Waals surface area contributed by atoms with Crippen LogP contribution in [0.5, 0.6) is 0 Å². The third-order valence-corrected chi connectivity index (χ3v) is 3.73. The molecule has 0 aliphatic rings. The predicted molar refractivity (Wildman–Crippen MR) is 96.9 cm³/mol. The Bertz CT molecular complexity index is 794. The van der Waals surface area contributed by atoms with E-state index in [9.17, 15) is 4.79 Å². The standard InChI is InChI=1S/C21H19NO2/c1-16-7-9-18(10-8-16)19-11-13-20(14-12-19)22-21(23)24-15-17-5-3-2-4-6-17/h2-14H,15H2,1H3,(H,22,23). The summed E-state index contributed by atoms with van der Waals surface area (Å²) in [7, 11) is 0. The van der Waals surface area contributed by atoms with Crippen LogP contribution in [0.4, 0.5) is 10.5 Å². The maximum Gasteiger partial charge on any atom is 0.411 e. The zero-order valence-electron chi connectivity index (χ0n) is 13.5. The number of anilines is 1. The molecule has 0 saturated carbocycles. The highest BCUT2D eigenvalue weighted by Crippen LogP contribution is 2.22.